The van der Waals surface area contributed by atoms with E-state index in [0.29, 0.717) is 36.8 Å². The second-order valence-electron chi connectivity index (χ2n) is 12.0. The molecule has 2 saturated heterocycles. The van der Waals surface area contributed by atoms with E-state index in [0.717, 1.165) is 30.8 Å². The second kappa shape index (κ2) is 13.3. The smallest absolute Gasteiger partial charge is 0.234 e. The molecule has 8 nitrogen and oxygen atoms in total. The highest BCUT2D eigenvalue weighted by atomic mass is 16.3. The number of hydrogen-bond acceptors (Lipinski definition) is 7. The van der Waals surface area contributed by atoms with Gasteiger partial charge in [-0.05, 0) is 73.4 Å². The number of imide groups is 1. The van der Waals surface area contributed by atoms with E-state index in [1.54, 1.807) is 12.1 Å². The molecule has 0 unspecified atom stereocenters. The topological polar surface area (TPSA) is 122 Å². The van der Waals surface area contributed by atoms with Crippen LogP contribution in [0.4, 0.5) is 0 Å². The molecular weight excluding hydrogens is 532 g/mol. The summed E-state index contributed by atoms with van der Waals surface area (Å²) in [5.74, 6) is -2.32. The highest BCUT2D eigenvalue weighted by Gasteiger charge is 2.56. The molecule has 4 N–H and O–H groups in total. The summed E-state index contributed by atoms with van der Waals surface area (Å²) in [6, 6.07) is 16.9. The number of nitrogens with zero attached hydrogens (tertiary/aromatic N) is 2. The van der Waals surface area contributed by atoms with Crippen LogP contribution in [0.1, 0.15) is 50.2 Å². The molecule has 3 aliphatic rings. The minimum atomic E-state index is -0.952. The van der Waals surface area contributed by atoms with E-state index in [2.05, 4.69) is 17.0 Å². The van der Waals surface area contributed by atoms with Crippen molar-refractivity contribution in [1.29, 1.82) is 0 Å². The van der Waals surface area contributed by atoms with E-state index in [4.69, 9.17) is 0 Å². The molecule has 42 heavy (non-hydrogen) atoms. The minimum absolute atomic E-state index is 0.180. The van der Waals surface area contributed by atoms with E-state index < -0.39 is 23.9 Å². The van der Waals surface area contributed by atoms with Crippen LogP contribution in [0.5, 0.6) is 5.75 Å². The average molecular weight is 575 g/mol. The van der Waals surface area contributed by atoms with Crippen molar-refractivity contribution in [3.05, 3.63) is 82.4 Å². The molecule has 224 valence electrons. The van der Waals surface area contributed by atoms with Gasteiger partial charge in [0.2, 0.25) is 11.8 Å². The number of likely N-dealkylation sites (tertiary alicyclic amines) is 2. The summed E-state index contributed by atoms with van der Waals surface area (Å²) in [7, 11) is 0. The van der Waals surface area contributed by atoms with Crippen LogP contribution in [-0.2, 0) is 16.1 Å². The Labute approximate surface area is 247 Å². The first kappa shape index (κ1) is 30.2. The molecule has 0 spiro atoms. The summed E-state index contributed by atoms with van der Waals surface area (Å²) < 4.78 is 0. The summed E-state index contributed by atoms with van der Waals surface area (Å²) in [6.45, 7) is 3.67. The molecular formula is C34H42N2O6. The fourth-order valence-corrected chi connectivity index (χ4v) is 7.11. The lowest BCUT2D eigenvalue weighted by Gasteiger charge is -2.36. The molecule has 5 rings (SSSR count). The van der Waals surface area contributed by atoms with Crippen molar-refractivity contribution in [2.45, 2.75) is 57.7 Å². The quantitative estimate of drug-likeness (QED) is 0.253. The zero-order valence-electron chi connectivity index (χ0n) is 24.2. The number of aliphatic hydroxyl groups excluding tert-OH is 3. The van der Waals surface area contributed by atoms with Gasteiger partial charge in [0.05, 0.1) is 31.2 Å². The number of rotatable bonds is 10. The minimum Gasteiger partial charge on any atom is -0.508 e. The maximum absolute atomic E-state index is 13.8. The molecule has 1 aliphatic carbocycles. The summed E-state index contributed by atoms with van der Waals surface area (Å²) in [6.07, 6.45) is 3.59. The molecule has 0 bridgehead atoms. The molecule has 2 fully saturated rings. The molecule has 0 saturated carbocycles. The van der Waals surface area contributed by atoms with Gasteiger partial charge in [0.15, 0.2) is 0 Å². The monoisotopic (exact) mass is 574 g/mol. The highest BCUT2D eigenvalue weighted by Crippen LogP contribution is 2.47. The molecule has 2 aromatic rings. The third-order valence-corrected chi connectivity index (χ3v) is 9.25. The fraction of sp³-hybridized carbons (Fsp3) is 0.471. The van der Waals surface area contributed by atoms with Crippen LogP contribution in [0.25, 0.3) is 6.08 Å². The Balaban J connectivity index is 1.26. The van der Waals surface area contributed by atoms with Gasteiger partial charge in [-0.1, -0.05) is 54.1 Å². The third kappa shape index (κ3) is 6.37. The molecule has 2 aromatic carbocycles. The second-order valence-corrected chi connectivity index (χ2v) is 12.0. The van der Waals surface area contributed by atoms with Gasteiger partial charge in [-0.25, -0.2) is 0 Å². The largest absolute Gasteiger partial charge is 0.508 e. The number of phenolic OH excluding ortho intramolecular Hbond substituents is 1. The summed E-state index contributed by atoms with van der Waals surface area (Å²) >= 11 is 0. The van der Waals surface area contributed by atoms with Crippen LogP contribution in [-0.4, -0.2) is 80.5 Å². The van der Waals surface area contributed by atoms with Crippen molar-refractivity contribution < 1.29 is 30.0 Å². The number of benzene rings is 2. The lowest BCUT2D eigenvalue weighted by atomic mass is 9.68. The molecule has 4 atom stereocenters. The van der Waals surface area contributed by atoms with Crippen molar-refractivity contribution in [3.8, 4) is 5.75 Å². The number of allylic oxidation sites excluding steroid dienone is 1. The Morgan fingerprint density at radius 2 is 1.69 bits per heavy atom. The number of fused-ring (bicyclic) bond motifs is 1. The number of carbonyl (C=O) groups excluding carboxylic acids is 2. The standard InChI is InChI=1S/C34H42N2O6/c1-22(17-23-8-10-27(39)11-9-23)7-12-30(40)31-25(20-37)18-28-32(29(31)21-38)34(42)36(33(28)41)26-13-15-35(16-14-26)19-24-5-3-2-4-6-24/h2-6,8-11,17,26,28-30,32,37-40H,7,12-16,18-21H2,1H3/b22-17+/t28-,29+,30-,32-/m1/s1. The van der Waals surface area contributed by atoms with Gasteiger partial charge in [0, 0.05) is 31.6 Å². The maximum Gasteiger partial charge on any atom is 0.234 e. The van der Waals surface area contributed by atoms with E-state index in [9.17, 15) is 30.0 Å². The van der Waals surface area contributed by atoms with E-state index in [1.165, 1.54) is 10.5 Å². The Kier molecular flexibility index (Phi) is 9.58. The summed E-state index contributed by atoms with van der Waals surface area (Å²) in [5, 5.41) is 41.6. The molecule has 8 heteroatoms. The van der Waals surface area contributed by atoms with Gasteiger partial charge >= 0.3 is 0 Å². The number of aromatic hydroxyl groups is 1. The maximum atomic E-state index is 13.8. The predicted octanol–water partition coefficient (Wildman–Crippen LogP) is 3.50. The van der Waals surface area contributed by atoms with Crippen LogP contribution < -0.4 is 0 Å². The number of hydrogen-bond donors (Lipinski definition) is 4. The number of amides is 2. The first-order valence-electron chi connectivity index (χ1n) is 15.0. The van der Waals surface area contributed by atoms with Crippen LogP contribution in [0.2, 0.25) is 0 Å². The average Bonchev–Trinajstić information content (AvgIpc) is 3.25. The van der Waals surface area contributed by atoms with Crippen molar-refractivity contribution in [3.63, 3.8) is 0 Å². The SMILES string of the molecule is C/C(=C\c1ccc(O)cc1)CC[C@@H](O)C1=C(CO)C[C@H]2C(=O)N(C3CCN(Cc4ccccc4)CC3)C(=O)[C@H]2[C@H]1CO. The van der Waals surface area contributed by atoms with E-state index >= 15 is 0 Å². The zero-order valence-corrected chi connectivity index (χ0v) is 24.2. The molecule has 0 radical (unpaired) electrons. The Bertz CT molecular complexity index is 1310. The van der Waals surface area contributed by atoms with Crippen molar-refractivity contribution in [2.75, 3.05) is 26.3 Å². The summed E-state index contributed by atoms with van der Waals surface area (Å²) in [5.41, 5.74) is 4.27. The number of aliphatic hydroxyl groups is 3. The van der Waals surface area contributed by atoms with Crippen LogP contribution in [0, 0.1) is 17.8 Å². The van der Waals surface area contributed by atoms with Gasteiger partial charge < -0.3 is 20.4 Å². The van der Waals surface area contributed by atoms with Gasteiger partial charge in [0.1, 0.15) is 5.75 Å². The first-order chi connectivity index (χ1) is 20.3. The van der Waals surface area contributed by atoms with E-state index in [-0.39, 0.29) is 43.2 Å². The van der Waals surface area contributed by atoms with E-state index in [1.807, 2.05) is 43.3 Å². The summed E-state index contributed by atoms with van der Waals surface area (Å²) in [4.78, 5) is 31.3. The van der Waals surface area contributed by atoms with Gasteiger partial charge in [-0.15, -0.1) is 0 Å². The van der Waals surface area contributed by atoms with Crippen molar-refractivity contribution in [1.82, 2.24) is 9.80 Å². The fourth-order valence-electron chi connectivity index (χ4n) is 7.11. The molecule has 0 aromatic heterocycles. The van der Waals surface area contributed by atoms with Crippen LogP contribution in [0.3, 0.4) is 0 Å². The van der Waals surface area contributed by atoms with Crippen LogP contribution >= 0.6 is 0 Å². The first-order valence-corrected chi connectivity index (χ1v) is 15.0. The van der Waals surface area contributed by atoms with Crippen molar-refractivity contribution >= 4 is 17.9 Å². The van der Waals surface area contributed by atoms with Crippen molar-refractivity contribution in [2.24, 2.45) is 17.8 Å². The molecule has 2 amide bonds. The van der Waals surface area contributed by atoms with Gasteiger partial charge in [0.25, 0.3) is 0 Å². The Hall–Kier alpha value is -3.30. The van der Waals surface area contributed by atoms with Crippen LogP contribution in [0.15, 0.2) is 71.3 Å². The normalized spacial score (nSPS) is 24.8. The third-order valence-electron chi connectivity index (χ3n) is 9.25. The number of piperidine rings is 1. The lowest BCUT2D eigenvalue weighted by Crippen LogP contribution is -2.47. The van der Waals surface area contributed by atoms with Gasteiger partial charge in [-0.2, -0.15) is 0 Å². The molecule has 2 aliphatic heterocycles. The Morgan fingerprint density at radius 1 is 1.00 bits per heavy atom. The lowest BCUT2D eigenvalue weighted by molar-refractivity contribution is -0.144. The zero-order chi connectivity index (χ0) is 29.8. The Morgan fingerprint density at radius 3 is 2.33 bits per heavy atom. The molecule has 2 heterocycles. The predicted molar refractivity (Wildman–Crippen MR) is 160 cm³/mol. The highest BCUT2D eigenvalue weighted by molar-refractivity contribution is 6.06. The number of carbonyl (C=O) groups is 2. The van der Waals surface area contributed by atoms with Gasteiger partial charge in [-0.3, -0.25) is 19.4 Å². The number of phenols is 1.